The molecule has 0 aromatic rings. The van der Waals surface area contributed by atoms with E-state index in [9.17, 15) is 0 Å². The molecular formula is C27H43N. The molecular weight excluding hydrogens is 338 g/mol. The summed E-state index contributed by atoms with van der Waals surface area (Å²) in [6.07, 6.45) is 13.1. The first-order valence-corrected chi connectivity index (χ1v) is 11.7. The van der Waals surface area contributed by atoms with Crippen molar-refractivity contribution in [2.45, 2.75) is 80.6 Å². The van der Waals surface area contributed by atoms with Crippen molar-refractivity contribution in [3.8, 4) is 0 Å². The van der Waals surface area contributed by atoms with Gasteiger partial charge in [0.25, 0.3) is 0 Å². The molecule has 3 rings (SSSR count). The van der Waals surface area contributed by atoms with Gasteiger partial charge in [0.2, 0.25) is 0 Å². The summed E-state index contributed by atoms with van der Waals surface area (Å²) in [5.74, 6) is 5.14. The molecule has 0 aliphatic heterocycles. The minimum absolute atomic E-state index is 0.643. The maximum atomic E-state index is 6.32. The van der Waals surface area contributed by atoms with Crippen LogP contribution in [0, 0.1) is 41.4 Å². The summed E-state index contributed by atoms with van der Waals surface area (Å²) >= 11 is 0. The van der Waals surface area contributed by atoms with Gasteiger partial charge in [0.1, 0.15) is 0 Å². The van der Waals surface area contributed by atoms with Crippen LogP contribution in [-0.4, -0.2) is 0 Å². The Hall–Kier alpha value is -1.24. The fourth-order valence-electron chi connectivity index (χ4n) is 7.21. The van der Waals surface area contributed by atoms with Gasteiger partial charge >= 0.3 is 0 Å². The van der Waals surface area contributed by atoms with Gasteiger partial charge in [-0.05, 0) is 94.5 Å². The smallest absolute Gasteiger partial charge is 0.00806 e. The van der Waals surface area contributed by atoms with Crippen molar-refractivity contribution in [1.82, 2.24) is 0 Å². The van der Waals surface area contributed by atoms with Crippen LogP contribution in [0.15, 0.2) is 46.2 Å². The van der Waals surface area contributed by atoms with Crippen molar-refractivity contribution in [2.75, 3.05) is 0 Å². The van der Waals surface area contributed by atoms with Crippen molar-refractivity contribution >= 4 is 0 Å². The van der Waals surface area contributed by atoms with E-state index in [0.29, 0.717) is 11.8 Å². The molecule has 2 N–H and O–H groups in total. The number of fused-ring (bicyclic) bond motifs is 2. The Morgan fingerprint density at radius 1 is 1.11 bits per heavy atom. The van der Waals surface area contributed by atoms with E-state index in [1.54, 1.807) is 16.7 Å². The molecule has 3 aliphatic rings. The quantitative estimate of drug-likeness (QED) is 0.470. The zero-order valence-electron chi connectivity index (χ0n) is 19.4. The molecule has 1 heteroatoms. The lowest BCUT2D eigenvalue weighted by atomic mass is 9.54. The molecule has 3 aliphatic carbocycles. The zero-order chi connectivity index (χ0) is 20.6. The van der Waals surface area contributed by atoms with E-state index in [1.807, 2.05) is 0 Å². The van der Waals surface area contributed by atoms with E-state index in [4.69, 9.17) is 5.73 Å². The van der Waals surface area contributed by atoms with Crippen LogP contribution >= 0.6 is 0 Å². The molecule has 156 valence electrons. The Morgan fingerprint density at radius 3 is 2.46 bits per heavy atom. The van der Waals surface area contributed by atoms with Gasteiger partial charge in [0.05, 0.1) is 0 Å². The highest BCUT2D eigenvalue weighted by molar-refractivity contribution is 5.35. The Labute approximate surface area is 174 Å². The van der Waals surface area contributed by atoms with Crippen LogP contribution in [0.5, 0.6) is 0 Å². The van der Waals surface area contributed by atoms with E-state index < -0.39 is 0 Å². The second kappa shape index (κ2) is 8.64. The second-order valence-corrected chi connectivity index (χ2v) is 10.5. The topological polar surface area (TPSA) is 26.0 Å². The molecule has 6 unspecified atom stereocenters. The lowest BCUT2D eigenvalue weighted by Gasteiger charge is -2.50. The van der Waals surface area contributed by atoms with Crippen LogP contribution in [0.1, 0.15) is 80.6 Å². The fraction of sp³-hybridized carbons (Fsp3) is 0.704. The zero-order valence-corrected chi connectivity index (χ0v) is 19.4. The number of hydrogen-bond donors (Lipinski definition) is 1. The first-order valence-electron chi connectivity index (χ1n) is 11.7. The summed E-state index contributed by atoms with van der Waals surface area (Å²) in [5.41, 5.74) is 14.1. The highest BCUT2D eigenvalue weighted by atomic mass is 14.6. The third kappa shape index (κ3) is 4.05. The van der Waals surface area contributed by atoms with Crippen molar-refractivity contribution in [3.63, 3.8) is 0 Å². The Balaban J connectivity index is 2.05. The van der Waals surface area contributed by atoms with Crippen LogP contribution in [0.3, 0.4) is 0 Å². The summed E-state index contributed by atoms with van der Waals surface area (Å²) in [6, 6.07) is 0. The SMILES string of the molecule is CC=C1C2C(C)=C3C(C)C/C(C)=C\C=C(\N)CCC3CC2CC(C)C1C(C)C. The van der Waals surface area contributed by atoms with Gasteiger partial charge in [-0.1, -0.05) is 62.1 Å². The highest BCUT2D eigenvalue weighted by Crippen LogP contribution is 2.55. The summed E-state index contributed by atoms with van der Waals surface area (Å²) in [6.45, 7) is 16.9. The van der Waals surface area contributed by atoms with Gasteiger partial charge in [-0.15, -0.1) is 0 Å². The molecule has 0 amide bonds. The van der Waals surface area contributed by atoms with Gasteiger partial charge in [0.15, 0.2) is 0 Å². The third-order valence-corrected chi connectivity index (χ3v) is 8.03. The molecule has 0 aromatic heterocycles. The fourth-order valence-corrected chi connectivity index (χ4v) is 7.21. The Bertz CT molecular complexity index is 702. The molecule has 1 nitrogen and oxygen atoms in total. The van der Waals surface area contributed by atoms with E-state index >= 15 is 0 Å². The summed E-state index contributed by atoms with van der Waals surface area (Å²) in [5, 5.41) is 0. The number of hydrogen-bond acceptors (Lipinski definition) is 1. The van der Waals surface area contributed by atoms with E-state index in [0.717, 1.165) is 41.7 Å². The van der Waals surface area contributed by atoms with Crippen LogP contribution in [0.25, 0.3) is 0 Å². The van der Waals surface area contributed by atoms with Crippen LogP contribution in [-0.2, 0) is 0 Å². The van der Waals surface area contributed by atoms with E-state index in [1.165, 1.54) is 31.3 Å². The summed E-state index contributed by atoms with van der Waals surface area (Å²) in [4.78, 5) is 0. The second-order valence-electron chi connectivity index (χ2n) is 10.5. The molecule has 0 radical (unpaired) electrons. The van der Waals surface area contributed by atoms with Crippen molar-refractivity contribution in [1.29, 1.82) is 0 Å². The highest BCUT2D eigenvalue weighted by Gasteiger charge is 2.45. The van der Waals surface area contributed by atoms with Crippen molar-refractivity contribution in [2.24, 2.45) is 47.2 Å². The first-order chi connectivity index (χ1) is 13.2. The van der Waals surface area contributed by atoms with Gasteiger partial charge < -0.3 is 5.73 Å². The van der Waals surface area contributed by atoms with Crippen LogP contribution < -0.4 is 5.73 Å². The largest absolute Gasteiger partial charge is 0.402 e. The number of allylic oxidation sites excluding steroid dienone is 8. The maximum absolute atomic E-state index is 6.32. The molecule has 28 heavy (non-hydrogen) atoms. The van der Waals surface area contributed by atoms with Gasteiger partial charge in [-0.2, -0.15) is 0 Å². The Kier molecular flexibility index (Phi) is 6.62. The van der Waals surface area contributed by atoms with Gasteiger partial charge in [0, 0.05) is 11.6 Å². The van der Waals surface area contributed by atoms with E-state index in [-0.39, 0.29) is 0 Å². The normalized spacial score (nSPS) is 42.4. The molecule has 0 aromatic carbocycles. The minimum Gasteiger partial charge on any atom is -0.402 e. The average Bonchev–Trinajstić information content (AvgIpc) is 2.62. The average molecular weight is 382 g/mol. The van der Waals surface area contributed by atoms with Crippen molar-refractivity contribution < 1.29 is 0 Å². The van der Waals surface area contributed by atoms with Crippen LogP contribution in [0.2, 0.25) is 0 Å². The first kappa shape index (κ1) is 21.5. The Morgan fingerprint density at radius 2 is 1.82 bits per heavy atom. The van der Waals surface area contributed by atoms with E-state index in [2.05, 4.69) is 66.7 Å². The molecule has 0 heterocycles. The van der Waals surface area contributed by atoms with Crippen LogP contribution in [0.4, 0.5) is 0 Å². The third-order valence-electron chi connectivity index (χ3n) is 8.03. The molecule has 6 atom stereocenters. The predicted molar refractivity (Wildman–Crippen MR) is 123 cm³/mol. The molecule has 0 bridgehead atoms. The molecule has 0 spiro atoms. The summed E-state index contributed by atoms with van der Waals surface area (Å²) in [7, 11) is 0. The predicted octanol–water partition coefficient (Wildman–Crippen LogP) is 7.42. The lowest BCUT2D eigenvalue weighted by molar-refractivity contribution is 0.141. The number of nitrogens with two attached hydrogens (primary N) is 1. The monoisotopic (exact) mass is 381 g/mol. The number of rotatable bonds is 1. The van der Waals surface area contributed by atoms with Gasteiger partial charge in [-0.25, -0.2) is 0 Å². The standard InChI is InChI=1S/C27H43N/c1-8-24-25(16(2)3)19(6)14-22-15-21-10-12-23(28)11-9-17(4)13-18(5)26(21)20(7)27(22)24/h8-9,11,16,18-19,21-22,25,27H,10,12-15,28H2,1-7H3/b17-9-,23-11+,24-8?. The maximum Gasteiger partial charge on any atom is 0.00806 e. The lowest BCUT2D eigenvalue weighted by Crippen LogP contribution is -2.40. The minimum atomic E-state index is 0.643. The molecule has 1 fully saturated rings. The summed E-state index contributed by atoms with van der Waals surface area (Å²) < 4.78 is 0. The molecule has 1 saturated carbocycles. The van der Waals surface area contributed by atoms with Gasteiger partial charge in [-0.3, -0.25) is 0 Å². The molecule has 0 saturated heterocycles. The van der Waals surface area contributed by atoms with Crippen molar-refractivity contribution in [3.05, 3.63) is 46.2 Å².